The van der Waals surface area contributed by atoms with E-state index in [2.05, 4.69) is 4.74 Å². The van der Waals surface area contributed by atoms with Crippen LogP contribution in [0.4, 0.5) is 8.78 Å². The third kappa shape index (κ3) is 3.65. The van der Waals surface area contributed by atoms with Crippen LogP contribution in [0.25, 0.3) is 0 Å². The molecule has 0 bridgehead atoms. The van der Waals surface area contributed by atoms with E-state index in [0.29, 0.717) is 5.56 Å². The highest BCUT2D eigenvalue weighted by Gasteiger charge is 2.27. The zero-order valence-corrected chi connectivity index (χ0v) is 13.5. The maximum atomic E-state index is 12.5. The van der Waals surface area contributed by atoms with Gasteiger partial charge in [-0.05, 0) is 30.5 Å². The average Bonchev–Trinajstić information content (AvgIpc) is 3.44. The molecule has 1 aromatic carbocycles. The van der Waals surface area contributed by atoms with Crippen molar-refractivity contribution in [2.45, 2.75) is 38.1 Å². The van der Waals surface area contributed by atoms with Gasteiger partial charge in [0.2, 0.25) is 0 Å². The maximum Gasteiger partial charge on any atom is 0.387 e. The van der Waals surface area contributed by atoms with Gasteiger partial charge >= 0.3 is 12.3 Å². The fourth-order valence-corrected chi connectivity index (χ4v) is 2.62. The minimum atomic E-state index is -2.96. The van der Waals surface area contributed by atoms with Gasteiger partial charge in [0.25, 0.3) is 5.56 Å². The third-order valence-electron chi connectivity index (χ3n) is 4.10. The molecule has 0 radical (unpaired) electrons. The van der Waals surface area contributed by atoms with E-state index in [-0.39, 0.29) is 23.9 Å². The molecule has 1 aliphatic carbocycles. The second-order valence-corrected chi connectivity index (χ2v) is 5.95. The number of benzene rings is 1. The van der Waals surface area contributed by atoms with E-state index in [0.717, 1.165) is 17.4 Å². The molecule has 1 N–H and O–H groups in total. The Balaban J connectivity index is 1.88. The van der Waals surface area contributed by atoms with E-state index in [1.54, 1.807) is 6.07 Å². The second-order valence-electron chi connectivity index (χ2n) is 5.95. The summed E-state index contributed by atoms with van der Waals surface area (Å²) in [5.74, 6) is -0.0734. The van der Waals surface area contributed by atoms with Crippen LogP contribution in [0.3, 0.4) is 0 Å². The molecular formula is C17H15F2N3O4. The normalized spacial score (nSPS) is 14.9. The Bertz CT molecular complexity index is 956. The van der Waals surface area contributed by atoms with Crippen molar-refractivity contribution in [1.82, 2.24) is 9.13 Å². The zero-order valence-electron chi connectivity index (χ0n) is 13.5. The van der Waals surface area contributed by atoms with Crippen LogP contribution in [0.1, 0.15) is 36.1 Å². The molecule has 0 amide bonds. The van der Waals surface area contributed by atoms with Crippen LogP contribution in [-0.4, -0.2) is 20.9 Å². The first kappa shape index (κ1) is 17.8. The summed E-state index contributed by atoms with van der Waals surface area (Å²) in [6, 6.07) is 6.95. The number of alkyl halides is 2. The van der Waals surface area contributed by atoms with E-state index in [1.807, 2.05) is 0 Å². The number of hydrogen-bond acceptors (Lipinski definition) is 5. The van der Waals surface area contributed by atoms with Crippen LogP contribution in [0.2, 0.25) is 0 Å². The fraction of sp³-hybridized carbons (Fsp3) is 0.353. The molecule has 2 aromatic rings. The molecule has 1 heterocycles. The smallest absolute Gasteiger partial charge is 0.387 e. The molecule has 26 heavy (non-hydrogen) atoms. The van der Waals surface area contributed by atoms with Crippen molar-refractivity contribution < 1.29 is 18.6 Å². The zero-order chi connectivity index (χ0) is 18.8. The van der Waals surface area contributed by atoms with Crippen molar-refractivity contribution in [2.75, 3.05) is 0 Å². The lowest BCUT2D eigenvalue weighted by Gasteiger charge is -2.15. The van der Waals surface area contributed by atoms with Gasteiger partial charge in [-0.15, -0.1) is 0 Å². The molecule has 1 atom stereocenters. The number of aliphatic hydroxyl groups excluding tert-OH is 1. The lowest BCUT2D eigenvalue weighted by molar-refractivity contribution is -0.0498. The first-order chi connectivity index (χ1) is 12.4. The van der Waals surface area contributed by atoms with Gasteiger partial charge in [0.1, 0.15) is 17.4 Å². The summed E-state index contributed by atoms with van der Waals surface area (Å²) in [5.41, 5.74) is -1.22. The summed E-state index contributed by atoms with van der Waals surface area (Å²) in [4.78, 5) is 24.8. The summed E-state index contributed by atoms with van der Waals surface area (Å²) < 4.78 is 30.7. The molecule has 1 aliphatic rings. The van der Waals surface area contributed by atoms with Crippen LogP contribution >= 0.6 is 0 Å². The molecule has 1 fully saturated rings. The maximum absolute atomic E-state index is 12.5. The number of rotatable bonds is 6. The number of halogens is 2. The Hall–Kier alpha value is -2.99. The van der Waals surface area contributed by atoms with Crippen molar-refractivity contribution in [3.05, 3.63) is 62.4 Å². The van der Waals surface area contributed by atoms with E-state index >= 15 is 0 Å². The molecule has 3 rings (SSSR count). The monoisotopic (exact) mass is 363 g/mol. The Labute approximate surface area is 146 Å². The van der Waals surface area contributed by atoms with Crippen LogP contribution in [-0.2, 0) is 6.54 Å². The summed E-state index contributed by atoms with van der Waals surface area (Å²) in [7, 11) is 0. The summed E-state index contributed by atoms with van der Waals surface area (Å²) >= 11 is 0. The van der Waals surface area contributed by atoms with Crippen molar-refractivity contribution in [2.24, 2.45) is 0 Å². The summed E-state index contributed by atoms with van der Waals surface area (Å²) in [6.07, 6.45) is 1.60. The Morgan fingerprint density at radius 2 is 1.92 bits per heavy atom. The van der Waals surface area contributed by atoms with E-state index in [4.69, 9.17) is 5.26 Å². The number of aliphatic hydroxyl groups is 1. The number of hydrogen-bond donors (Lipinski definition) is 1. The molecular weight excluding hydrogens is 348 g/mol. The van der Waals surface area contributed by atoms with Gasteiger partial charge in [0.15, 0.2) is 0 Å². The molecule has 7 nitrogen and oxygen atoms in total. The van der Waals surface area contributed by atoms with Crippen LogP contribution < -0.4 is 16.0 Å². The van der Waals surface area contributed by atoms with Crippen LogP contribution in [0, 0.1) is 11.3 Å². The van der Waals surface area contributed by atoms with Gasteiger partial charge in [0, 0.05) is 12.2 Å². The lowest BCUT2D eigenvalue weighted by Crippen LogP contribution is -2.41. The molecule has 0 unspecified atom stereocenters. The fourth-order valence-electron chi connectivity index (χ4n) is 2.62. The third-order valence-corrected chi connectivity index (χ3v) is 4.10. The molecule has 136 valence electrons. The molecule has 9 heteroatoms. The number of ether oxygens (including phenoxy) is 1. The second kappa shape index (κ2) is 7.09. The first-order valence-corrected chi connectivity index (χ1v) is 7.89. The predicted octanol–water partition coefficient (Wildman–Crippen LogP) is 1.55. The lowest BCUT2D eigenvalue weighted by atomic mass is 10.1. The van der Waals surface area contributed by atoms with Crippen molar-refractivity contribution in [3.63, 3.8) is 0 Å². The summed E-state index contributed by atoms with van der Waals surface area (Å²) in [6.45, 7) is -3.31. The van der Waals surface area contributed by atoms with E-state index in [1.165, 1.54) is 35.0 Å². The van der Waals surface area contributed by atoms with Crippen LogP contribution in [0.5, 0.6) is 5.75 Å². The minimum Gasteiger partial charge on any atom is -0.435 e. The number of aromatic nitrogens is 2. The largest absolute Gasteiger partial charge is 0.435 e. The average molecular weight is 363 g/mol. The first-order valence-electron chi connectivity index (χ1n) is 7.89. The van der Waals surface area contributed by atoms with Crippen LogP contribution in [0.15, 0.2) is 40.1 Å². The highest BCUT2D eigenvalue weighted by molar-refractivity contribution is 5.29. The molecule has 0 aliphatic heterocycles. The van der Waals surface area contributed by atoms with Gasteiger partial charge in [0.05, 0.1) is 12.6 Å². The predicted molar refractivity (Wildman–Crippen MR) is 86.0 cm³/mol. The molecule has 0 spiro atoms. The van der Waals surface area contributed by atoms with Crippen molar-refractivity contribution in [3.8, 4) is 11.8 Å². The number of nitrogens with zero attached hydrogens (tertiary/aromatic N) is 3. The van der Waals surface area contributed by atoms with Gasteiger partial charge < -0.3 is 9.84 Å². The molecule has 1 aromatic heterocycles. The Morgan fingerprint density at radius 3 is 2.46 bits per heavy atom. The molecule has 0 saturated heterocycles. The van der Waals surface area contributed by atoms with E-state index < -0.39 is 24.0 Å². The van der Waals surface area contributed by atoms with E-state index in [9.17, 15) is 23.5 Å². The van der Waals surface area contributed by atoms with Gasteiger partial charge in [-0.25, -0.2) is 4.79 Å². The standard InChI is InChI=1S/C17H15F2N3O4/c18-16(19)26-13-5-1-10(2-6-13)14(23)9-22-15(24)11(7-20)8-21(17(22)25)12-3-4-12/h1-2,5-6,8,12,14,16,23H,3-4,9H2/t14-/m1/s1. The topological polar surface area (TPSA) is 97.2 Å². The van der Waals surface area contributed by atoms with Gasteiger partial charge in [-0.1, -0.05) is 12.1 Å². The highest BCUT2D eigenvalue weighted by atomic mass is 19.3. The van der Waals surface area contributed by atoms with Crippen molar-refractivity contribution >= 4 is 0 Å². The Kier molecular flexibility index (Phi) is 4.86. The van der Waals surface area contributed by atoms with Gasteiger partial charge in [-0.2, -0.15) is 14.0 Å². The highest BCUT2D eigenvalue weighted by Crippen LogP contribution is 2.33. The quantitative estimate of drug-likeness (QED) is 0.840. The number of nitriles is 1. The van der Waals surface area contributed by atoms with Crippen molar-refractivity contribution in [1.29, 1.82) is 5.26 Å². The summed E-state index contributed by atoms with van der Waals surface area (Å²) in [5, 5.41) is 19.4. The SMILES string of the molecule is N#Cc1cn(C2CC2)c(=O)n(C[C@@H](O)c2ccc(OC(F)F)cc2)c1=O. The minimum absolute atomic E-state index is 0.0376. The molecule has 1 saturated carbocycles. The van der Waals surface area contributed by atoms with Gasteiger partial charge in [-0.3, -0.25) is 13.9 Å². The Morgan fingerprint density at radius 1 is 1.27 bits per heavy atom.